The molecule has 3 rings (SSSR count). The molecule has 0 bridgehead atoms. The van der Waals surface area contributed by atoms with E-state index in [0.717, 1.165) is 11.0 Å². The van der Waals surface area contributed by atoms with E-state index in [2.05, 4.69) is 20.6 Å². The van der Waals surface area contributed by atoms with Crippen molar-refractivity contribution in [3.8, 4) is 0 Å². The average Bonchev–Trinajstić information content (AvgIpc) is 2.98. The summed E-state index contributed by atoms with van der Waals surface area (Å²) in [7, 11) is 0. The van der Waals surface area contributed by atoms with E-state index in [1.165, 1.54) is 12.1 Å². The lowest BCUT2D eigenvalue weighted by molar-refractivity contribution is 0.244. The summed E-state index contributed by atoms with van der Waals surface area (Å²) < 4.78 is 13.6. The number of halogens is 1. The van der Waals surface area contributed by atoms with E-state index >= 15 is 0 Å². The van der Waals surface area contributed by atoms with Crippen LogP contribution in [0.1, 0.15) is 25.7 Å². The number of aromatic nitrogens is 2. The Morgan fingerprint density at radius 2 is 1.83 bits per heavy atom. The molecule has 0 fully saturated rings. The molecule has 1 aromatic heterocycles. The van der Waals surface area contributed by atoms with Crippen molar-refractivity contribution in [2.45, 2.75) is 19.9 Å². The van der Waals surface area contributed by atoms with Gasteiger partial charge in [0.05, 0.1) is 22.8 Å². The fourth-order valence-electron chi connectivity index (χ4n) is 2.53. The van der Waals surface area contributed by atoms with E-state index in [1.54, 1.807) is 12.1 Å². The smallest absolute Gasteiger partial charge is 0.319 e. The van der Waals surface area contributed by atoms with Crippen LogP contribution in [0.4, 0.5) is 14.9 Å². The number of rotatable bonds is 4. The Hall–Kier alpha value is -2.89. The Balaban J connectivity index is 1.79. The molecule has 2 aromatic carbocycles. The average molecular weight is 326 g/mol. The number of H-pyrrole nitrogens is 1. The molecule has 24 heavy (non-hydrogen) atoms. The highest BCUT2D eigenvalue weighted by Crippen LogP contribution is 2.22. The van der Waals surface area contributed by atoms with Crippen LogP contribution in [-0.2, 0) is 0 Å². The summed E-state index contributed by atoms with van der Waals surface area (Å²) in [5, 5.41) is 5.39. The molecule has 3 N–H and O–H groups in total. The molecule has 0 aliphatic rings. The van der Waals surface area contributed by atoms with E-state index < -0.39 is 11.8 Å². The third-order valence-electron chi connectivity index (χ3n) is 3.78. The van der Waals surface area contributed by atoms with Gasteiger partial charge in [-0.25, -0.2) is 14.2 Å². The van der Waals surface area contributed by atoms with Crippen molar-refractivity contribution in [3.63, 3.8) is 0 Å². The van der Waals surface area contributed by atoms with Crippen LogP contribution in [0.25, 0.3) is 11.0 Å². The van der Waals surface area contributed by atoms with E-state index in [9.17, 15) is 9.18 Å². The minimum absolute atomic E-state index is 0.108. The number of nitrogens with zero attached hydrogens (tertiary/aromatic N) is 1. The number of nitrogens with one attached hydrogen (secondary N) is 3. The molecule has 0 saturated carbocycles. The van der Waals surface area contributed by atoms with Crippen molar-refractivity contribution < 1.29 is 9.18 Å². The zero-order valence-corrected chi connectivity index (χ0v) is 13.5. The van der Waals surface area contributed by atoms with Gasteiger partial charge in [-0.15, -0.1) is 0 Å². The highest BCUT2D eigenvalue weighted by atomic mass is 19.1. The van der Waals surface area contributed by atoms with Crippen molar-refractivity contribution in [2.75, 3.05) is 5.32 Å². The molecule has 124 valence electrons. The molecule has 0 radical (unpaired) electrons. The number of carbonyl (C=O) groups is 1. The molecule has 0 unspecified atom stereocenters. The zero-order chi connectivity index (χ0) is 17.1. The molecule has 5 nitrogen and oxygen atoms in total. The maximum atomic E-state index is 13.6. The number of hydrogen-bond acceptors (Lipinski definition) is 2. The van der Waals surface area contributed by atoms with Gasteiger partial charge >= 0.3 is 6.03 Å². The van der Waals surface area contributed by atoms with Crippen LogP contribution in [0.15, 0.2) is 48.5 Å². The lowest BCUT2D eigenvalue weighted by atomic mass is 10.0. The van der Waals surface area contributed by atoms with Crippen LogP contribution in [0, 0.1) is 11.7 Å². The van der Waals surface area contributed by atoms with E-state index in [-0.39, 0.29) is 17.6 Å². The fraction of sp³-hybridized carbons (Fsp3) is 0.222. The Kier molecular flexibility index (Phi) is 4.46. The van der Waals surface area contributed by atoms with Crippen molar-refractivity contribution >= 4 is 22.8 Å². The first-order chi connectivity index (χ1) is 11.5. The molecule has 6 heteroatoms. The second-order valence-electron chi connectivity index (χ2n) is 5.94. The van der Waals surface area contributed by atoms with Gasteiger partial charge in [-0.1, -0.05) is 38.1 Å². The molecule has 2 amide bonds. The number of benzene rings is 2. The van der Waals surface area contributed by atoms with Crippen LogP contribution in [0.5, 0.6) is 0 Å². The van der Waals surface area contributed by atoms with E-state index in [1.807, 2.05) is 38.1 Å². The predicted octanol–water partition coefficient (Wildman–Crippen LogP) is 4.22. The Morgan fingerprint density at radius 1 is 1.12 bits per heavy atom. The standard InChI is InChI=1S/C18H19FN4O/c1-11(2)16(17-20-14-9-5-6-10-15(14)21-17)23-18(24)22-13-8-4-3-7-12(13)19/h3-11,16H,1-2H3,(H,20,21)(H2,22,23,24)/t16-/m1/s1. The van der Waals surface area contributed by atoms with E-state index in [4.69, 9.17) is 0 Å². The lowest BCUT2D eigenvalue weighted by Gasteiger charge is -2.20. The van der Waals surface area contributed by atoms with Gasteiger partial charge in [0.2, 0.25) is 0 Å². The normalized spacial score (nSPS) is 12.3. The number of aromatic amines is 1. The van der Waals surface area contributed by atoms with Gasteiger partial charge < -0.3 is 15.6 Å². The van der Waals surface area contributed by atoms with Gasteiger partial charge in [0.15, 0.2) is 0 Å². The number of hydrogen-bond donors (Lipinski definition) is 3. The van der Waals surface area contributed by atoms with Crippen molar-refractivity contribution in [2.24, 2.45) is 5.92 Å². The number of amides is 2. The second kappa shape index (κ2) is 6.70. The topological polar surface area (TPSA) is 69.8 Å². The van der Waals surface area contributed by atoms with E-state index in [0.29, 0.717) is 5.82 Å². The maximum absolute atomic E-state index is 13.6. The molecule has 1 atom stereocenters. The lowest BCUT2D eigenvalue weighted by Crippen LogP contribution is -2.35. The maximum Gasteiger partial charge on any atom is 0.319 e. The number of urea groups is 1. The highest BCUT2D eigenvalue weighted by molar-refractivity contribution is 5.89. The third kappa shape index (κ3) is 3.37. The highest BCUT2D eigenvalue weighted by Gasteiger charge is 2.22. The minimum atomic E-state index is -0.475. The molecular weight excluding hydrogens is 307 g/mol. The first-order valence-corrected chi connectivity index (χ1v) is 7.81. The Bertz CT molecular complexity index is 826. The van der Waals surface area contributed by atoms with Gasteiger partial charge in [0.1, 0.15) is 11.6 Å². The number of carbonyl (C=O) groups excluding carboxylic acids is 1. The second-order valence-corrected chi connectivity index (χ2v) is 5.94. The van der Waals surface area contributed by atoms with Crippen LogP contribution in [0.2, 0.25) is 0 Å². The van der Waals surface area contributed by atoms with Gasteiger partial charge in [-0.05, 0) is 30.2 Å². The summed E-state index contributed by atoms with van der Waals surface area (Å²) in [6.07, 6.45) is 0. The van der Waals surface area contributed by atoms with Crippen molar-refractivity contribution in [1.82, 2.24) is 15.3 Å². The number of fused-ring (bicyclic) bond motifs is 1. The van der Waals surface area contributed by atoms with Gasteiger partial charge in [-0.2, -0.15) is 0 Å². The molecular formula is C18H19FN4O. The molecule has 0 saturated heterocycles. The van der Waals surface area contributed by atoms with Crippen LogP contribution in [0.3, 0.4) is 0 Å². The Labute approximate surface area is 139 Å². The molecule has 0 spiro atoms. The van der Waals surface area contributed by atoms with Gasteiger partial charge in [0.25, 0.3) is 0 Å². The number of anilines is 1. The molecule has 1 heterocycles. The minimum Gasteiger partial charge on any atom is -0.340 e. The van der Waals surface area contributed by atoms with Crippen LogP contribution < -0.4 is 10.6 Å². The largest absolute Gasteiger partial charge is 0.340 e. The Morgan fingerprint density at radius 3 is 2.54 bits per heavy atom. The first-order valence-electron chi connectivity index (χ1n) is 7.81. The molecule has 0 aliphatic carbocycles. The molecule has 0 aliphatic heterocycles. The summed E-state index contributed by atoms with van der Waals surface area (Å²) in [6, 6.07) is 12.9. The predicted molar refractivity (Wildman–Crippen MR) is 92.2 cm³/mol. The third-order valence-corrected chi connectivity index (χ3v) is 3.78. The first kappa shape index (κ1) is 16.0. The van der Waals surface area contributed by atoms with Crippen molar-refractivity contribution in [1.29, 1.82) is 0 Å². The summed E-state index contributed by atoms with van der Waals surface area (Å²) in [5.74, 6) is 0.310. The zero-order valence-electron chi connectivity index (χ0n) is 13.5. The quantitative estimate of drug-likeness (QED) is 0.672. The fourth-order valence-corrected chi connectivity index (χ4v) is 2.53. The van der Waals surface area contributed by atoms with Crippen molar-refractivity contribution in [3.05, 3.63) is 60.2 Å². The SMILES string of the molecule is CC(C)[C@@H](NC(=O)Nc1ccccc1F)c1nc2ccccc2[nH]1. The number of para-hydroxylation sites is 3. The van der Waals surface area contributed by atoms with Crippen LogP contribution in [-0.4, -0.2) is 16.0 Å². The summed E-state index contributed by atoms with van der Waals surface area (Å²) in [5.41, 5.74) is 1.89. The summed E-state index contributed by atoms with van der Waals surface area (Å²) in [4.78, 5) is 20.0. The monoisotopic (exact) mass is 326 g/mol. The summed E-state index contributed by atoms with van der Waals surface area (Å²) >= 11 is 0. The van der Waals surface area contributed by atoms with Crippen LogP contribution >= 0.6 is 0 Å². The molecule has 3 aromatic rings. The van der Waals surface area contributed by atoms with Gasteiger partial charge in [-0.3, -0.25) is 0 Å². The number of imidazole rings is 1. The summed E-state index contributed by atoms with van der Waals surface area (Å²) in [6.45, 7) is 3.97. The van der Waals surface area contributed by atoms with Gasteiger partial charge in [0, 0.05) is 0 Å².